The van der Waals surface area contributed by atoms with Gasteiger partial charge in [-0.2, -0.15) is 0 Å². The quantitative estimate of drug-likeness (QED) is 0.188. The summed E-state index contributed by atoms with van der Waals surface area (Å²) in [4.78, 5) is 87.5. The zero-order valence-electron chi connectivity index (χ0n) is 32.4. The molecule has 5 aliphatic rings. The Hall–Kier alpha value is -5.81. The number of hydrogen-bond donors (Lipinski definition) is 3. The van der Waals surface area contributed by atoms with E-state index in [2.05, 4.69) is 45.3 Å². The molecular weight excluding hydrogens is 743 g/mol. The number of nitrogens with zero attached hydrogens (tertiary/aromatic N) is 8. The molecule has 4 aliphatic heterocycles. The van der Waals surface area contributed by atoms with Crippen LogP contribution in [0.3, 0.4) is 0 Å². The molecule has 5 amide bonds. The average molecular weight is 790 g/mol. The third kappa shape index (κ3) is 7.39. The highest BCUT2D eigenvalue weighted by Crippen LogP contribution is 2.37. The van der Waals surface area contributed by atoms with Gasteiger partial charge in [0.05, 0.1) is 35.9 Å². The second kappa shape index (κ2) is 15.9. The second-order valence-corrected chi connectivity index (χ2v) is 16.0. The Morgan fingerprint density at radius 2 is 1.69 bits per heavy atom. The standard InChI is InChI=1S/C41H47N11O6/c1-24-4-2-6-30(45-24)38(54)47-26-20-27(21-26)51-23-44-35-36(42-22-43-37(35)51)46-25-10-14-49(15-11-25)18-19-58-28-12-16-50(17-13-28)31-7-3-5-29-34(31)41(57)52(40(29)56)32-8-9-33(53)48-39(32)55/h2-7,22-23,25-28,32H,8-21H2,1H3,(H,47,54)(H,42,43,46)(H,48,53,55)/t26?,27?,32-/m0/s1. The minimum Gasteiger partial charge on any atom is -0.377 e. The largest absolute Gasteiger partial charge is 0.377 e. The first-order valence-electron chi connectivity index (χ1n) is 20.3. The van der Waals surface area contributed by atoms with Gasteiger partial charge >= 0.3 is 0 Å². The summed E-state index contributed by atoms with van der Waals surface area (Å²) in [5.74, 6) is -1.39. The molecule has 0 radical (unpaired) electrons. The smallest absolute Gasteiger partial charge is 0.270 e. The summed E-state index contributed by atoms with van der Waals surface area (Å²) in [5.41, 5.74) is 4.12. The van der Waals surface area contributed by atoms with Gasteiger partial charge in [0.2, 0.25) is 11.8 Å². The second-order valence-electron chi connectivity index (χ2n) is 16.0. The number of ether oxygens (including phenoxy) is 1. The van der Waals surface area contributed by atoms with Crippen molar-refractivity contribution in [2.75, 3.05) is 49.5 Å². The number of imidazole rings is 1. The van der Waals surface area contributed by atoms with Crippen molar-refractivity contribution in [1.29, 1.82) is 0 Å². The monoisotopic (exact) mass is 789 g/mol. The van der Waals surface area contributed by atoms with Crippen LogP contribution in [0.1, 0.15) is 94.3 Å². The molecule has 9 rings (SSSR count). The number of imide groups is 2. The number of benzene rings is 1. The Balaban J connectivity index is 0.709. The molecule has 0 bridgehead atoms. The number of nitrogens with one attached hydrogen (secondary N) is 3. The van der Waals surface area contributed by atoms with E-state index >= 15 is 0 Å². The molecular formula is C41H47N11O6. The summed E-state index contributed by atoms with van der Waals surface area (Å²) >= 11 is 0. The number of rotatable bonds is 11. The summed E-state index contributed by atoms with van der Waals surface area (Å²) in [6.07, 6.45) is 8.85. The van der Waals surface area contributed by atoms with Crippen molar-refractivity contribution in [3.63, 3.8) is 0 Å². The fourth-order valence-corrected chi connectivity index (χ4v) is 8.95. The van der Waals surface area contributed by atoms with Gasteiger partial charge < -0.3 is 29.7 Å². The molecule has 4 fully saturated rings. The first kappa shape index (κ1) is 37.7. The lowest BCUT2D eigenvalue weighted by molar-refractivity contribution is -0.136. The Bertz CT molecular complexity index is 2260. The van der Waals surface area contributed by atoms with Crippen molar-refractivity contribution in [3.05, 3.63) is 71.6 Å². The van der Waals surface area contributed by atoms with Gasteiger partial charge in [0, 0.05) is 63.0 Å². The minimum absolute atomic E-state index is 0.0752. The van der Waals surface area contributed by atoms with Gasteiger partial charge in [-0.05, 0) is 76.1 Å². The number of hydrogen-bond acceptors (Lipinski definition) is 13. The maximum atomic E-state index is 13.6. The molecule has 7 heterocycles. The van der Waals surface area contributed by atoms with E-state index in [0.717, 1.165) is 85.7 Å². The Labute approximate surface area is 334 Å². The highest BCUT2D eigenvalue weighted by Gasteiger charge is 2.46. The van der Waals surface area contributed by atoms with Gasteiger partial charge in [0.25, 0.3) is 17.7 Å². The van der Waals surface area contributed by atoms with Crippen molar-refractivity contribution in [2.24, 2.45) is 0 Å². The summed E-state index contributed by atoms with van der Waals surface area (Å²) in [6.45, 7) is 6.60. The first-order valence-corrected chi connectivity index (χ1v) is 20.3. The molecule has 3 N–H and O–H groups in total. The summed E-state index contributed by atoms with van der Waals surface area (Å²) in [7, 11) is 0. The van der Waals surface area contributed by atoms with E-state index in [9.17, 15) is 24.0 Å². The summed E-state index contributed by atoms with van der Waals surface area (Å²) in [6, 6.07) is 10.3. The van der Waals surface area contributed by atoms with E-state index in [0.29, 0.717) is 42.2 Å². The number of fused-ring (bicyclic) bond motifs is 2. The Morgan fingerprint density at radius 1 is 0.897 bits per heavy atom. The summed E-state index contributed by atoms with van der Waals surface area (Å²) in [5, 5.41) is 8.99. The van der Waals surface area contributed by atoms with Crippen LogP contribution in [-0.2, 0) is 14.3 Å². The van der Waals surface area contributed by atoms with Crippen LogP contribution in [0.2, 0.25) is 0 Å². The number of likely N-dealkylation sites (tertiary alicyclic amines) is 1. The number of aryl methyl sites for hydroxylation is 1. The van der Waals surface area contributed by atoms with Gasteiger partial charge in [-0.3, -0.25) is 34.2 Å². The normalized spacial score (nSPS) is 23.2. The van der Waals surface area contributed by atoms with Crippen LogP contribution in [0, 0.1) is 6.92 Å². The van der Waals surface area contributed by atoms with Crippen LogP contribution in [0.15, 0.2) is 49.1 Å². The van der Waals surface area contributed by atoms with E-state index in [1.54, 1.807) is 24.5 Å². The number of amides is 5. The van der Waals surface area contributed by atoms with Gasteiger partial charge in [-0.1, -0.05) is 12.1 Å². The molecule has 1 aromatic carbocycles. The maximum Gasteiger partial charge on any atom is 0.270 e. The van der Waals surface area contributed by atoms with Crippen molar-refractivity contribution in [1.82, 2.24) is 44.9 Å². The lowest BCUT2D eigenvalue weighted by Gasteiger charge is -2.36. The third-order valence-corrected chi connectivity index (χ3v) is 12.2. The molecule has 3 aromatic heterocycles. The van der Waals surface area contributed by atoms with Crippen LogP contribution >= 0.6 is 0 Å². The molecule has 4 aromatic rings. The number of carbonyl (C=O) groups is 5. The molecule has 58 heavy (non-hydrogen) atoms. The van der Waals surface area contributed by atoms with Crippen molar-refractivity contribution in [3.8, 4) is 0 Å². The lowest BCUT2D eigenvalue weighted by Crippen LogP contribution is -2.54. The number of aromatic nitrogens is 5. The number of anilines is 2. The molecule has 1 saturated carbocycles. The molecule has 3 saturated heterocycles. The topological polar surface area (TPSA) is 197 Å². The van der Waals surface area contributed by atoms with Crippen LogP contribution in [0.5, 0.6) is 0 Å². The van der Waals surface area contributed by atoms with Crippen LogP contribution < -0.4 is 20.9 Å². The van der Waals surface area contributed by atoms with Gasteiger partial charge in [0.1, 0.15) is 23.6 Å². The Kier molecular flexibility index (Phi) is 10.3. The van der Waals surface area contributed by atoms with Gasteiger partial charge in [0.15, 0.2) is 11.5 Å². The molecule has 0 unspecified atom stereocenters. The van der Waals surface area contributed by atoms with Crippen LogP contribution in [-0.4, -0.2) is 127 Å². The molecule has 17 nitrogen and oxygen atoms in total. The van der Waals surface area contributed by atoms with E-state index < -0.39 is 29.7 Å². The lowest BCUT2D eigenvalue weighted by atomic mass is 9.86. The third-order valence-electron chi connectivity index (χ3n) is 12.2. The molecule has 0 spiro atoms. The van der Waals surface area contributed by atoms with Gasteiger partial charge in [-0.15, -0.1) is 0 Å². The first-order chi connectivity index (χ1) is 28.2. The van der Waals surface area contributed by atoms with Crippen molar-refractivity contribution < 1.29 is 28.7 Å². The molecule has 1 aliphatic carbocycles. The summed E-state index contributed by atoms with van der Waals surface area (Å²) < 4.78 is 8.43. The van der Waals surface area contributed by atoms with Crippen molar-refractivity contribution in [2.45, 2.75) is 88.6 Å². The SMILES string of the molecule is Cc1cccc(C(=O)NC2CC(n3cnc4c(NC5CCN(CCOC6CCN(c7cccc8c7C(=O)N([C@H]7CCC(=O)NC7=O)C8=O)CC6)CC5)ncnc43)C2)n1. The van der Waals surface area contributed by atoms with Crippen LogP contribution in [0.4, 0.5) is 11.5 Å². The predicted molar refractivity (Wildman–Crippen MR) is 211 cm³/mol. The molecule has 1 atom stereocenters. The number of piperidine rings is 3. The van der Waals surface area contributed by atoms with Crippen LogP contribution in [0.25, 0.3) is 11.2 Å². The molecule has 302 valence electrons. The molecule has 17 heteroatoms. The minimum atomic E-state index is -0.988. The van der Waals surface area contributed by atoms with E-state index in [1.165, 1.54) is 0 Å². The zero-order valence-corrected chi connectivity index (χ0v) is 32.4. The Morgan fingerprint density at radius 3 is 2.47 bits per heavy atom. The fraction of sp³-hybridized carbons (Fsp3) is 0.488. The fourth-order valence-electron chi connectivity index (χ4n) is 8.95. The maximum absolute atomic E-state index is 13.6. The van der Waals surface area contributed by atoms with E-state index in [-0.39, 0.29) is 43.0 Å². The van der Waals surface area contributed by atoms with E-state index in [1.807, 2.05) is 31.5 Å². The predicted octanol–water partition coefficient (Wildman–Crippen LogP) is 2.63. The average Bonchev–Trinajstić information content (AvgIpc) is 3.75. The number of carbonyl (C=O) groups excluding carboxylic acids is 5. The van der Waals surface area contributed by atoms with E-state index in [4.69, 9.17) is 9.72 Å². The highest BCUT2D eigenvalue weighted by molar-refractivity contribution is 6.25. The van der Waals surface area contributed by atoms with Crippen molar-refractivity contribution >= 4 is 52.2 Å². The highest BCUT2D eigenvalue weighted by atomic mass is 16.5. The zero-order chi connectivity index (χ0) is 39.9. The number of pyridine rings is 1. The van der Waals surface area contributed by atoms with Gasteiger partial charge in [-0.25, -0.2) is 19.9 Å².